The fraction of sp³-hybridized carbons (Fsp3) is 0.571. The zero-order valence-corrected chi connectivity index (χ0v) is 17.0. The highest BCUT2D eigenvalue weighted by molar-refractivity contribution is 5.93. The molecule has 6 heteroatoms. The molecular weight excluding hydrogens is 346 g/mol. The quantitative estimate of drug-likeness (QED) is 0.467. The normalized spacial score (nSPS) is 25.1. The van der Waals surface area contributed by atoms with Gasteiger partial charge in [-0.25, -0.2) is 4.79 Å². The summed E-state index contributed by atoms with van der Waals surface area (Å²) in [6, 6.07) is -0.951. The van der Waals surface area contributed by atoms with Gasteiger partial charge in [0.1, 0.15) is 11.6 Å². The molecule has 3 N–H and O–H groups in total. The molecule has 1 amide bonds. The third-order valence-electron chi connectivity index (χ3n) is 5.35. The van der Waals surface area contributed by atoms with E-state index < -0.39 is 28.9 Å². The Morgan fingerprint density at radius 3 is 2.44 bits per heavy atom. The molecule has 0 unspecified atom stereocenters. The molecular formula is C21H31NO5. The van der Waals surface area contributed by atoms with Crippen molar-refractivity contribution in [2.75, 3.05) is 0 Å². The second-order valence-corrected chi connectivity index (χ2v) is 8.05. The molecule has 0 bridgehead atoms. The first-order chi connectivity index (χ1) is 12.3. The van der Waals surface area contributed by atoms with Gasteiger partial charge in [-0.1, -0.05) is 40.2 Å². The van der Waals surface area contributed by atoms with Gasteiger partial charge in [-0.2, -0.15) is 0 Å². The summed E-state index contributed by atoms with van der Waals surface area (Å²) in [5, 5.41) is 22.8. The van der Waals surface area contributed by atoms with Crippen molar-refractivity contribution < 1.29 is 24.6 Å². The van der Waals surface area contributed by atoms with Crippen molar-refractivity contribution >= 4 is 17.7 Å². The maximum atomic E-state index is 12.2. The van der Waals surface area contributed by atoms with Crippen LogP contribution in [-0.4, -0.2) is 39.5 Å². The molecule has 0 spiro atoms. The van der Waals surface area contributed by atoms with Gasteiger partial charge >= 0.3 is 5.97 Å². The van der Waals surface area contributed by atoms with E-state index in [1.807, 2.05) is 20.8 Å². The van der Waals surface area contributed by atoms with E-state index in [2.05, 4.69) is 5.32 Å². The molecule has 6 nitrogen and oxygen atoms in total. The van der Waals surface area contributed by atoms with Crippen LogP contribution in [0.2, 0.25) is 0 Å². The van der Waals surface area contributed by atoms with Crippen molar-refractivity contribution in [2.24, 2.45) is 11.3 Å². The van der Waals surface area contributed by atoms with E-state index >= 15 is 0 Å². The van der Waals surface area contributed by atoms with E-state index in [9.17, 15) is 24.6 Å². The van der Waals surface area contributed by atoms with E-state index in [0.717, 1.165) is 0 Å². The van der Waals surface area contributed by atoms with Crippen molar-refractivity contribution in [3.05, 3.63) is 35.5 Å². The molecule has 150 valence electrons. The zero-order valence-electron chi connectivity index (χ0n) is 17.0. The van der Waals surface area contributed by atoms with Gasteiger partial charge in [0.25, 0.3) is 0 Å². The molecule has 0 aromatic carbocycles. The van der Waals surface area contributed by atoms with E-state index in [1.165, 1.54) is 12.2 Å². The van der Waals surface area contributed by atoms with Gasteiger partial charge in [0.2, 0.25) is 5.91 Å². The second kappa shape index (κ2) is 8.65. The molecule has 0 aliphatic heterocycles. The van der Waals surface area contributed by atoms with Gasteiger partial charge < -0.3 is 15.5 Å². The summed E-state index contributed by atoms with van der Waals surface area (Å²) in [6.45, 7) is 10.7. The summed E-state index contributed by atoms with van der Waals surface area (Å²) in [4.78, 5) is 35.2. The Morgan fingerprint density at radius 1 is 1.37 bits per heavy atom. The Morgan fingerprint density at radius 2 is 1.96 bits per heavy atom. The Balaban J connectivity index is 2.97. The number of hydrogen-bond acceptors (Lipinski definition) is 4. The molecule has 1 aliphatic rings. The molecule has 0 aromatic heterocycles. The summed E-state index contributed by atoms with van der Waals surface area (Å²) in [7, 11) is 0. The number of aliphatic carboxylic acids is 1. The van der Waals surface area contributed by atoms with E-state index in [4.69, 9.17) is 0 Å². The van der Waals surface area contributed by atoms with Crippen molar-refractivity contribution in [1.82, 2.24) is 5.32 Å². The minimum Gasteiger partial charge on any atom is -0.480 e. The number of aliphatic hydroxyl groups is 1. The predicted octanol–water partition coefficient (Wildman–Crippen LogP) is 2.78. The first kappa shape index (κ1) is 22.8. The van der Waals surface area contributed by atoms with Crippen LogP contribution < -0.4 is 5.32 Å². The largest absolute Gasteiger partial charge is 0.480 e. The Hall–Kier alpha value is -2.21. The highest BCUT2D eigenvalue weighted by Crippen LogP contribution is 2.44. The molecule has 0 fully saturated rings. The molecule has 0 radical (unpaired) electrons. The summed E-state index contributed by atoms with van der Waals surface area (Å²) >= 11 is 0. The van der Waals surface area contributed by atoms with Crippen LogP contribution in [0.3, 0.4) is 0 Å². The lowest BCUT2D eigenvalue weighted by Gasteiger charge is -2.44. The Kier molecular flexibility index (Phi) is 7.32. The zero-order chi connectivity index (χ0) is 21.0. The van der Waals surface area contributed by atoms with Crippen molar-refractivity contribution in [3.8, 4) is 0 Å². The molecule has 0 saturated carbocycles. The van der Waals surface area contributed by atoms with Gasteiger partial charge in [0.05, 0.1) is 0 Å². The van der Waals surface area contributed by atoms with E-state index in [0.29, 0.717) is 17.6 Å². The van der Waals surface area contributed by atoms with Gasteiger partial charge in [-0.05, 0) is 43.1 Å². The Labute approximate surface area is 161 Å². The first-order valence-corrected chi connectivity index (χ1v) is 9.19. The topological polar surface area (TPSA) is 104 Å². The van der Waals surface area contributed by atoms with Crippen LogP contribution in [0.15, 0.2) is 35.5 Å². The fourth-order valence-electron chi connectivity index (χ4n) is 3.25. The number of carboxylic acids is 1. The van der Waals surface area contributed by atoms with Crippen LogP contribution in [0, 0.1) is 11.3 Å². The molecule has 1 rings (SSSR count). The van der Waals surface area contributed by atoms with Crippen LogP contribution in [0.1, 0.15) is 54.4 Å². The Bertz CT molecular complexity index is 701. The highest BCUT2D eigenvalue weighted by Gasteiger charge is 2.46. The standard InChI is InChI=1S/C21H31NO5/c1-7-14(3)18(19(25)26)22-17(24)10-13(2)8-9-21(27)15(4)11-16(23)12-20(21,5)6/h8-11,14,18,27H,7,12H2,1-6H3,(H,22,24)(H,25,26)/b9-8+,13-10-/t14-,18-,21-/m0/s1. The lowest BCUT2D eigenvalue weighted by atomic mass is 9.64. The number of nitrogens with one attached hydrogen (secondary N) is 1. The monoisotopic (exact) mass is 377 g/mol. The van der Waals surface area contributed by atoms with Crippen LogP contribution in [0.5, 0.6) is 0 Å². The SMILES string of the molecule is CC[C@H](C)[C@H](NC(=O)/C=C(C)\C=C\[C@]1(O)C(C)=CC(=O)CC1(C)C)C(=O)O. The molecule has 0 saturated heterocycles. The average Bonchev–Trinajstić information content (AvgIpc) is 2.54. The maximum absolute atomic E-state index is 12.2. The van der Waals surface area contributed by atoms with Gasteiger partial charge in [0.15, 0.2) is 5.78 Å². The average molecular weight is 377 g/mol. The smallest absolute Gasteiger partial charge is 0.326 e. The van der Waals surface area contributed by atoms with Gasteiger partial charge in [0, 0.05) is 17.9 Å². The number of ketones is 1. The number of amides is 1. The fourth-order valence-corrected chi connectivity index (χ4v) is 3.25. The number of carbonyl (C=O) groups excluding carboxylic acids is 2. The first-order valence-electron chi connectivity index (χ1n) is 9.19. The van der Waals surface area contributed by atoms with Crippen molar-refractivity contribution in [3.63, 3.8) is 0 Å². The van der Waals surface area contributed by atoms with E-state index in [-0.39, 0.29) is 18.1 Å². The number of hydrogen-bond donors (Lipinski definition) is 3. The molecule has 1 aliphatic carbocycles. The molecule has 0 heterocycles. The number of rotatable bonds is 7. The summed E-state index contributed by atoms with van der Waals surface area (Å²) in [6.07, 6.45) is 6.82. The number of allylic oxidation sites excluding steroid dienone is 3. The van der Waals surface area contributed by atoms with Gasteiger partial charge in [-0.3, -0.25) is 9.59 Å². The third kappa shape index (κ3) is 5.39. The maximum Gasteiger partial charge on any atom is 0.326 e. The van der Waals surface area contributed by atoms with E-state index in [1.54, 1.807) is 32.9 Å². The highest BCUT2D eigenvalue weighted by atomic mass is 16.4. The second-order valence-electron chi connectivity index (χ2n) is 8.05. The van der Waals surface area contributed by atoms with Crippen LogP contribution in [0.25, 0.3) is 0 Å². The minimum atomic E-state index is -1.30. The lowest BCUT2D eigenvalue weighted by molar-refractivity contribution is -0.142. The van der Waals surface area contributed by atoms with Gasteiger partial charge in [-0.15, -0.1) is 0 Å². The molecule has 3 atom stereocenters. The van der Waals surface area contributed by atoms with Crippen LogP contribution >= 0.6 is 0 Å². The van der Waals surface area contributed by atoms with Crippen molar-refractivity contribution in [2.45, 2.75) is 66.0 Å². The summed E-state index contributed by atoms with van der Waals surface area (Å²) in [5.74, 6) is -1.78. The van der Waals surface area contributed by atoms with Crippen LogP contribution in [0.4, 0.5) is 0 Å². The molecule has 0 aromatic rings. The lowest BCUT2D eigenvalue weighted by Crippen LogP contribution is -2.48. The number of carbonyl (C=O) groups is 3. The van der Waals surface area contributed by atoms with Crippen LogP contribution in [-0.2, 0) is 14.4 Å². The summed E-state index contributed by atoms with van der Waals surface area (Å²) < 4.78 is 0. The minimum absolute atomic E-state index is 0.0213. The third-order valence-corrected chi connectivity index (χ3v) is 5.35. The summed E-state index contributed by atoms with van der Waals surface area (Å²) in [5.41, 5.74) is -0.852. The number of carboxylic acid groups (broad SMARTS) is 1. The molecule has 27 heavy (non-hydrogen) atoms. The van der Waals surface area contributed by atoms with Crippen molar-refractivity contribution in [1.29, 1.82) is 0 Å². The predicted molar refractivity (Wildman–Crippen MR) is 104 cm³/mol.